The van der Waals surface area contributed by atoms with Crippen LogP contribution in [0.4, 0.5) is 11.4 Å². The molecule has 214 valence electrons. The summed E-state index contributed by atoms with van der Waals surface area (Å²) in [6, 6.07) is 15.0. The summed E-state index contributed by atoms with van der Waals surface area (Å²) in [5.74, 6) is 0.878. The second-order valence-electron chi connectivity index (χ2n) is 12.0. The van der Waals surface area contributed by atoms with Gasteiger partial charge in [0.1, 0.15) is 0 Å². The van der Waals surface area contributed by atoms with Crippen molar-refractivity contribution >= 4 is 22.9 Å². The topological polar surface area (TPSA) is 69.7 Å². The van der Waals surface area contributed by atoms with Gasteiger partial charge in [0.05, 0.1) is 13.2 Å². The van der Waals surface area contributed by atoms with E-state index in [2.05, 4.69) is 89.8 Å². The van der Waals surface area contributed by atoms with Crippen LogP contribution in [0, 0.1) is 12.8 Å². The highest BCUT2D eigenvalue weighted by atomic mass is 16.5. The highest BCUT2D eigenvalue weighted by molar-refractivity contribution is 6.27. The first kappa shape index (κ1) is 27.6. The molecule has 1 aliphatic heterocycles. The van der Waals surface area contributed by atoms with Crippen LogP contribution in [0.2, 0.25) is 0 Å². The van der Waals surface area contributed by atoms with E-state index in [4.69, 9.17) is 4.74 Å². The maximum Gasteiger partial charge on any atom is 0.256 e. The van der Waals surface area contributed by atoms with Gasteiger partial charge < -0.3 is 20.3 Å². The lowest BCUT2D eigenvalue weighted by Gasteiger charge is -2.26. The van der Waals surface area contributed by atoms with E-state index >= 15 is 0 Å². The van der Waals surface area contributed by atoms with Crippen LogP contribution < -0.4 is 10.6 Å². The van der Waals surface area contributed by atoms with E-state index in [1.807, 2.05) is 18.5 Å². The fourth-order valence-electron chi connectivity index (χ4n) is 6.25. The molecule has 3 aliphatic rings. The van der Waals surface area contributed by atoms with E-state index in [9.17, 15) is 4.79 Å². The van der Waals surface area contributed by atoms with Crippen molar-refractivity contribution in [3.63, 3.8) is 0 Å². The van der Waals surface area contributed by atoms with Crippen molar-refractivity contribution in [2.45, 2.75) is 32.7 Å². The first-order valence-electron chi connectivity index (χ1n) is 14.8. The molecule has 2 fully saturated rings. The summed E-state index contributed by atoms with van der Waals surface area (Å²) in [4.78, 5) is 23.0. The Hall–Kier alpha value is -3.52. The van der Waals surface area contributed by atoms with E-state index in [1.54, 1.807) is 0 Å². The maximum atomic E-state index is 13.8. The van der Waals surface area contributed by atoms with Gasteiger partial charge in [-0.15, -0.1) is 0 Å². The van der Waals surface area contributed by atoms with Crippen LogP contribution in [-0.4, -0.2) is 74.2 Å². The van der Waals surface area contributed by atoms with Crippen LogP contribution in [0.5, 0.6) is 0 Å². The first-order chi connectivity index (χ1) is 19.9. The number of carbonyl (C=O) groups excluding carboxylic acids is 1. The number of nitrogens with zero attached hydrogens (tertiary/aromatic N) is 3. The molecule has 0 spiro atoms. The quantitative estimate of drug-likeness (QED) is 0.372. The van der Waals surface area contributed by atoms with Crippen molar-refractivity contribution in [1.82, 2.24) is 14.8 Å². The molecule has 1 saturated carbocycles. The predicted octanol–water partition coefficient (Wildman–Crippen LogP) is 5.39. The van der Waals surface area contributed by atoms with E-state index in [-0.39, 0.29) is 5.91 Å². The van der Waals surface area contributed by atoms with Gasteiger partial charge in [-0.05, 0) is 97.4 Å². The van der Waals surface area contributed by atoms with Crippen LogP contribution in [-0.2, 0) is 16.1 Å². The van der Waals surface area contributed by atoms with Crippen molar-refractivity contribution in [3.8, 4) is 11.1 Å². The molecule has 1 amide bonds. The second kappa shape index (κ2) is 11.8. The number of allylic oxidation sites excluding steroid dienone is 1. The molecule has 6 rings (SSSR count). The predicted molar refractivity (Wildman–Crippen MR) is 166 cm³/mol. The molecular weight excluding hydrogens is 510 g/mol. The summed E-state index contributed by atoms with van der Waals surface area (Å²) >= 11 is 0. The molecule has 2 heterocycles. The lowest BCUT2D eigenvalue weighted by Crippen LogP contribution is -2.35. The summed E-state index contributed by atoms with van der Waals surface area (Å²) in [5, 5.41) is 6.71. The number of nitrogens with one attached hydrogen (secondary N) is 2. The zero-order valence-corrected chi connectivity index (χ0v) is 24.7. The number of aromatic nitrogens is 1. The normalized spacial score (nSPS) is 20.0. The molecule has 41 heavy (non-hydrogen) atoms. The Balaban J connectivity index is 1.23. The minimum Gasteiger partial charge on any atom is -0.384 e. The molecule has 2 N–H and O–H groups in total. The lowest BCUT2D eigenvalue weighted by molar-refractivity contribution is -0.111. The summed E-state index contributed by atoms with van der Waals surface area (Å²) < 4.78 is 5.50. The van der Waals surface area contributed by atoms with Gasteiger partial charge in [0.25, 0.3) is 5.91 Å². The average Bonchev–Trinajstić information content (AvgIpc) is 3.76. The van der Waals surface area contributed by atoms with Gasteiger partial charge in [0.2, 0.25) is 0 Å². The molecule has 2 atom stereocenters. The van der Waals surface area contributed by atoms with Crippen molar-refractivity contribution in [1.29, 1.82) is 0 Å². The maximum absolute atomic E-state index is 13.8. The van der Waals surface area contributed by atoms with Gasteiger partial charge in [-0.3, -0.25) is 14.7 Å². The number of morpholine rings is 1. The second-order valence-corrected chi connectivity index (χ2v) is 12.0. The van der Waals surface area contributed by atoms with Crippen molar-refractivity contribution in [2.75, 3.05) is 64.1 Å². The fraction of sp³-hybridized carbons (Fsp3) is 0.412. The van der Waals surface area contributed by atoms with E-state index in [1.165, 1.54) is 16.7 Å². The number of aryl methyl sites for hydroxylation is 1. The van der Waals surface area contributed by atoms with Crippen molar-refractivity contribution in [3.05, 3.63) is 82.7 Å². The summed E-state index contributed by atoms with van der Waals surface area (Å²) in [7, 11) is 4.14. The third-order valence-corrected chi connectivity index (χ3v) is 8.69. The van der Waals surface area contributed by atoms with Gasteiger partial charge in [-0.25, -0.2) is 0 Å². The largest absolute Gasteiger partial charge is 0.384 e. The average molecular weight is 552 g/mol. The summed E-state index contributed by atoms with van der Waals surface area (Å²) in [6.07, 6.45) is 4.89. The highest BCUT2D eigenvalue weighted by Gasteiger charge is 2.45. The van der Waals surface area contributed by atoms with Gasteiger partial charge in [0, 0.05) is 67.6 Å². The lowest BCUT2D eigenvalue weighted by atomic mass is 9.82. The molecule has 1 aromatic heterocycles. The molecule has 0 bridgehead atoms. The number of carbonyl (C=O) groups is 1. The monoisotopic (exact) mass is 551 g/mol. The SMILES string of the molecule is Cc1cc(NC(=O)C2=C3CC3[C@@H](C)c3ccc(-c4cncc(CN5CCOCC5)c4)cc32)ccc1NCCN(C)C. The first-order valence-corrected chi connectivity index (χ1v) is 14.8. The zero-order valence-electron chi connectivity index (χ0n) is 24.7. The third-order valence-electron chi connectivity index (χ3n) is 8.69. The molecule has 0 radical (unpaired) electrons. The number of anilines is 2. The highest BCUT2D eigenvalue weighted by Crippen LogP contribution is 2.57. The Morgan fingerprint density at radius 3 is 2.68 bits per heavy atom. The molecule has 1 unspecified atom stereocenters. The van der Waals surface area contributed by atoms with Crippen molar-refractivity contribution in [2.24, 2.45) is 5.92 Å². The Morgan fingerprint density at radius 1 is 1.07 bits per heavy atom. The van der Waals surface area contributed by atoms with Crippen LogP contribution in [0.25, 0.3) is 16.7 Å². The van der Waals surface area contributed by atoms with Crippen LogP contribution in [0.3, 0.4) is 0 Å². The molecule has 3 aromatic rings. The van der Waals surface area contributed by atoms with Crippen LogP contribution >= 0.6 is 0 Å². The number of hydrogen-bond acceptors (Lipinski definition) is 6. The zero-order chi connectivity index (χ0) is 28.5. The number of ether oxygens (including phenoxy) is 1. The fourth-order valence-corrected chi connectivity index (χ4v) is 6.25. The number of pyridine rings is 1. The van der Waals surface area contributed by atoms with Crippen LogP contribution in [0.1, 0.15) is 41.5 Å². The molecule has 7 heteroatoms. The Kier molecular flexibility index (Phi) is 7.93. The standard InChI is InChI=1S/C34H41N5O2/c1-22-15-27(6-8-32(22)36-9-10-38(3)4)37-34(40)33-30-17-25(5-7-28(30)23(2)29-18-31(29)33)26-16-24(19-35-20-26)21-39-11-13-41-14-12-39/h5-8,15-17,19-20,23,29,36H,9-14,18,21H2,1-4H3,(H,37,40)/t23-,29?/m0/s1. The summed E-state index contributed by atoms with van der Waals surface area (Å²) in [5.41, 5.74) is 10.9. The number of benzene rings is 2. The van der Waals surface area contributed by atoms with E-state index < -0.39 is 0 Å². The summed E-state index contributed by atoms with van der Waals surface area (Å²) in [6.45, 7) is 10.5. The Labute approximate surface area is 243 Å². The van der Waals surface area contributed by atoms with E-state index in [0.29, 0.717) is 11.8 Å². The number of fused-ring (bicyclic) bond motifs is 2. The number of likely N-dealkylation sites (N-methyl/N-ethyl adjacent to an activating group) is 1. The molecular formula is C34H41N5O2. The smallest absolute Gasteiger partial charge is 0.256 e. The molecule has 7 nitrogen and oxygen atoms in total. The Bertz CT molecular complexity index is 1470. The van der Waals surface area contributed by atoms with Crippen molar-refractivity contribution < 1.29 is 9.53 Å². The number of rotatable bonds is 9. The van der Waals surface area contributed by atoms with Gasteiger partial charge in [0.15, 0.2) is 0 Å². The van der Waals surface area contributed by atoms with Gasteiger partial charge >= 0.3 is 0 Å². The van der Waals surface area contributed by atoms with Crippen LogP contribution in [0.15, 0.2) is 60.4 Å². The molecule has 2 aromatic carbocycles. The number of amides is 1. The number of hydrogen-bond donors (Lipinski definition) is 2. The Morgan fingerprint density at radius 2 is 1.90 bits per heavy atom. The minimum atomic E-state index is -0.0142. The molecule has 2 aliphatic carbocycles. The van der Waals surface area contributed by atoms with Gasteiger partial charge in [-0.2, -0.15) is 0 Å². The van der Waals surface area contributed by atoms with E-state index in [0.717, 1.165) is 91.6 Å². The molecule has 1 saturated heterocycles. The third kappa shape index (κ3) is 6.08. The van der Waals surface area contributed by atoms with Gasteiger partial charge in [-0.1, -0.05) is 24.6 Å². The minimum absolute atomic E-state index is 0.0142.